The van der Waals surface area contributed by atoms with E-state index in [-0.39, 0.29) is 30.0 Å². The summed E-state index contributed by atoms with van der Waals surface area (Å²) in [6, 6.07) is 14.5. The maximum atomic E-state index is 14.0. The SMILES string of the molecule is COc1ccc(CN2C[C@@H](C(=O)NCCN3CCN(c4ccccc4F)CC3)CC2=O)cc1. The van der Waals surface area contributed by atoms with Crippen LogP contribution in [0.2, 0.25) is 0 Å². The lowest BCUT2D eigenvalue weighted by atomic mass is 10.1. The highest BCUT2D eigenvalue weighted by atomic mass is 19.1. The van der Waals surface area contributed by atoms with Gasteiger partial charge in [-0.05, 0) is 29.8 Å². The van der Waals surface area contributed by atoms with E-state index in [9.17, 15) is 14.0 Å². The van der Waals surface area contributed by atoms with Crippen LogP contribution >= 0.6 is 0 Å². The third kappa shape index (κ3) is 5.82. The number of piperazine rings is 1. The summed E-state index contributed by atoms with van der Waals surface area (Å²) < 4.78 is 19.1. The number of nitrogens with zero attached hydrogens (tertiary/aromatic N) is 3. The molecule has 2 fully saturated rings. The number of carbonyl (C=O) groups excluding carboxylic acids is 2. The van der Waals surface area contributed by atoms with Crippen LogP contribution in [0.25, 0.3) is 0 Å². The number of carbonyl (C=O) groups is 2. The molecule has 4 rings (SSSR count). The first-order chi connectivity index (χ1) is 16.0. The summed E-state index contributed by atoms with van der Waals surface area (Å²) in [6.45, 7) is 5.38. The van der Waals surface area contributed by atoms with Gasteiger partial charge in [-0.3, -0.25) is 14.5 Å². The molecule has 2 aliphatic heterocycles. The van der Waals surface area contributed by atoms with Crippen LogP contribution in [-0.2, 0) is 16.1 Å². The fraction of sp³-hybridized carbons (Fsp3) is 0.440. The average molecular weight is 455 g/mol. The van der Waals surface area contributed by atoms with E-state index in [1.807, 2.05) is 36.4 Å². The smallest absolute Gasteiger partial charge is 0.225 e. The van der Waals surface area contributed by atoms with E-state index in [0.717, 1.165) is 44.0 Å². The highest BCUT2D eigenvalue weighted by Gasteiger charge is 2.34. The van der Waals surface area contributed by atoms with Crippen molar-refractivity contribution in [1.29, 1.82) is 0 Å². The molecule has 2 amide bonds. The Morgan fingerprint density at radius 3 is 2.52 bits per heavy atom. The van der Waals surface area contributed by atoms with E-state index in [2.05, 4.69) is 15.1 Å². The van der Waals surface area contributed by atoms with E-state index in [0.29, 0.717) is 25.3 Å². The molecule has 0 aliphatic carbocycles. The number of nitrogens with one attached hydrogen (secondary N) is 1. The molecule has 8 heteroatoms. The number of halogens is 1. The maximum Gasteiger partial charge on any atom is 0.225 e. The van der Waals surface area contributed by atoms with Crippen LogP contribution in [0.15, 0.2) is 48.5 Å². The summed E-state index contributed by atoms with van der Waals surface area (Å²) in [7, 11) is 1.62. The Morgan fingerprint density at radius 2 is 1.82 bits per heavy atom. The van der Waals surface area contributed by atoms with Crippen molar-refractivity contribution in [1.82, 2.24) is 15.1 Å². The molecule has 0 saturated carbocycles. The summed E-state index contributed by atoms with van der Waals surface area (Å²) in [5.74, 6) is 0.220. The van der Waals surface area contributed by atoms with E-state index in [4.69, 9.17) is 4.74 Å². The highest BCUT2D eigenvalue weighted by molar-refractivity contribution is 5.89. The monoisotopic (exact) mass is 454 g/mol. The minimum atomic E-state index is -0.311. The van der Waals surface area contributed by atoms with Gasteiger partial charge in [0, 0.05) is 58.8 Å². The molecule has 0 aromatic heterocycles. The summed E-state index contributed by atoms with van der Waals surface area (Å²) in [5.41, 5.74) is 1.66. The number of benzene rings is 2. The lowest BCUT2D eigenvalue weighted by molar-refractivity contribution is -0.129. The summed E-state index contributed by atoms with van der Waals surface area (Å²) in [5, 5.41) is 2.99. The first kappa shape index (κ1) is 23.0. The fourth-order valence-electron chi connectivity index (χ4n) is 4.45. The third-order valence-corrected chi connectivity index (χ3v) is 6.41. The Hall–Kier alpha value is -3.13. The zero-order chi connectivity index (χ0) is 23.2. The van der Waals surface area contributed by atoms with Crippen molar-refractivity contribution in [2.45, 2.75) is 13.0 Å². The first-order valence-electron chi connectivity index (χ1n) is 11.4. The van der Waals surface area contributed by atoms with Crippen molar-refractivity contribution in [2.75, 3.05) is 57.8 Å². The molecule has 2 heterocycles. The number of ether oxygens (including phenoxy) is 1. The standard InChI is InChI=1S/C25H31FN4O3/c1-33-21-8-6-19(7-9-21)17-30-18-20(16-24(30)31)25(32)27-10-11-28-12-14-29(15-13-28)23-5-3-2-4-22(23)26/h2-9,20H,10-18H2,1H3,(H,27,32)/t20-/m0/s1. The molecule has 7 nitrogen and oxygen atoms in total. The minimum Gasteiger partial charge on any atom is -0.497 e. The molecule has 2 aromatic carbocycles. The van der Waals surface area contributed by atoms with Gasteiger partial charge in [0.1, 0.15) is 11.6 Å². The lowest BCUT2D eigenvalue weighted by Crippen LogP contribution is -2.49. The molecule has 0 unspecified atom stereocenters. The molecule has 2 aromatic rings. The second kappa shape index (κ2) is 10.7. The fourth-order valence-corrected chi connectivity index (χ4v) is 4.45. The van der Waals surface area contributed by atoms with Crippen molar-refractivity contribution in [3.63, 3.8) is 0 Å². The molecule has 0 bridgehead atoms. The van der Waals surface area contributed by atoms with E-state index in [1.54, 1.807) is 18.1 Å². The van der Waals surface area contributed by atoms with Crippen molar-refractivity contribution in [2.24, 2.45) is 5.92 Å². The first-order valence-corrected chi connectivity index (χ1v) is 11.4. The van der Waals surface area contributed by atoms with Crippen molar-refractivity contribution in [3.8, 4) is 5.75 Å². The largest absolute Gasteiger partial charge is 0.497 e. The highest BCUT2D eigenvalue weighted by Crippen LogP contribution is 2.22. The number of likely N-dealkylation sites (tertiary alicyclic amines) is 1. The Kier molecular flexibility index (Phi) is 7.44. The van der Waals surface area contributed by atoms with Gasteiger partial charge in [0.2, 0.25) is 11.8 Å². The van der Waals surface area contributed by atoms with Gasteiger partial charge in [-0.2, -0.15) is 0 Å². The Balaban J connectivity index is 1.17. The predicted molar refractivity (Wildman–Crippen MR) is 125 cm³/mol. The van der Waals surface area contributed by atoms with Crippen LogP contribution in [0.1, 0.15) is 12.0 Å². The zero-order valence-corrected chi connectivity index (χ0v) is 19.0. The molecule has 0 radical (unpaired) electrons. The minimum absolute atomic E-state index is 0.00948. The zero-order valence-electron chi connectivity index (χ0n) is 19.0. The average Bonchev–Trinajstić information content (AvgIpc) is 3.20. The number of hydrogen-bond donors (Lipinski definition) is 1. The van der Waals surface area contributed by atoms with Gasteiger partial charge >= 0.3 is 0 Å². The third-order valence-electron chi connectivity index (χ3n) is 6.41. The van der Waals surface area contributed by atoms with Gasteiger partial charge in [-0.15, -0.1) is 0 Å². The number of methoxy groups -OCH3 is 1. The van der Waals surface area contributed by atoms with Crippen molar-refractivity contribution >= 4 is 17.5 Å². The molecular weight excluding hydrogens is 423 g/mol. The number of anilines is 1. The molecular formula is C25H31FN4O3. The second-order valence-corrected chi connectivity index (χ2v) is 8.59. The molecule has 2 aliphatic rings. The second-order valence-electron chi connectivity index (χ2n) is 8.59. The van der Waals surface area contributed by atoms with E-state index < -0.39 is 0 Å². The van der Waals surface area contributed by atoms with Crippen molar-refractivity contribution < 1.29 is 18.7 Å². The normalized spacial score (nSPS) is 19.1. The summed E-state index contributed by atoms with van der Waals surface area (Å²) in [6.07, 6.45) is 0.253. The summed E-state index contributed by atoms with van der Waals surface area (Å²) >= 11 is 0. The van der Waals surface area contributed by atoms with Gasteiger partial charge in [-0.25, -0.2) is 4.39 Å². The number of rotatable bonds is 8. The Bertz CT molecular complexity index is 960. The Morgan fingerprint density at radius 1 is 1.09 bits per heavy atom. The van der Waals surface area contributed by atoms with Gasteiger partial charge in [-0.1, -0.05) is 24.3 Å². The predicted octanol–water partition coefficient (Wildman–Crippen LogP) is 2.12. The maximum absolute atomic E-state index is 14.0. The number of amides is 2. The van der Waals surface area contributed by atoms with Crippen LogP contribution in [0.3, 0.4) is 0 Å². The molecule has 1 atom stereocenters. The molecule has 0 spiro atoms. The topological polar surface area (TPSA) is 65.1 Å². The van der Waals surface area contributed by atoms with Gasteiger partial charge in [0.15, 0.2) is 0 Å². The quantitative estimate of drug-likeness (QED) is 0.662. The molecule has 176 valence electrons. The van der Waals surface area contributed by atoms with Crippen LogP contribution in [0.5, 0.6) is 5.75 Å². The number of hydrogen-bond acceptors (Lipinski definition) is 5. The lowest BCUT2D eigenvalue weighted by Gasteiger charge is -2.36. The number of para-hydroxylation sites is 1. The summed E-state index contributed by atoms with van der Waals surface area (Å²) in [4.78, 5) is 31.1. The molecule has 33 heavy (non-hydrogen) atoms. The van der Waals surface area contributed by atoms with Crippen LogP contribution in [-0.4, -0.2) is 74.5 Å². The van der Waals surface area contributed by atoms with E-state index in [1.165, 1.54) is 6.07 Å². The van der Waals surface area contributed by atoms with Crippen molar-refractivity contribution in [3.05, 3.63) is 59.9 Å². The molecule has 2 saturated heterocycles. The van der Waals surface area contributed by atoms with Gasteiger partial charge < -0.3 is 19.9 Å². The van der Waals surface area contributed by atoms with Crippen LogP contribution < -0.4 is 15.0 Å². The van der Waals surface area contributed by atoms with Gasteiger partial charge in [0.05, 0.1) is 18.7 Å². The molecule has 1 N–H and O–H groups in total. The van der Waals surface area contributed by atoms with Gasteiger partial charge in [0.25, 0.3) is 0 Å². The van der Waals surface area contributed by atoms with Crippen LogP contribution in [0.4, 0.5) is 10.1 Å². The van der Waals surface area contributed by atoms with Crippen LogP contribution in [0, 0.1) is 11.7 Å². The van der Waals surface area contributed by atoms with E-state index >= 15 is 0 Å². The Labute approximate surface area is 194 Å².